The van der Waals surface area contributed by atoms with E-state index in [1.165, 1.54) is 22.9 Å². The zero-order valence-electron chi connectivity index (χ0n) is 16.0. The lowest BCUT2D eigenvalue weighted by molar-refractivity contribution is -0.132. The molecule has 0 spiro atoms. The number of carbonyl (C=O) groups is 1. The Morgan fingerprint density at radius 3 is 2.15 bits per heavy atom. The SMILES string of the molecule is CC1(C)CCN2CCC(C)(C)c3cc(/C=C/C=C(\C#N)C(=O)O)cc1c32. The minimum Gasteiger partial charge on any atom is -0.477 e. The van der Waals surface area contributed by atoms with Crippen molar-refractivity contribution in [3.63, 3.8) is 0 Å². The number of rotatable bonds is 3. The molecule has 3 rings (SSSR count). The monoisotopic (exact) mass is 350 g/mol. The number of allylic oxidation sites excluding steroid dienone is 2. The van der Waals surface area contributed by atoms with E-state index in [9.17, 15) is 4.79 Å². The van der Waals surface area contributed by atoms with Crippen LogP contribution < -0.4 is 4.90 Å². The lowest BCUT2D eigenvalue weighted by Gasteiger charge is -2.48. The molecule has 2 aliphatic heterocycles. The summed E-state index contributed by atoms with van der Waals surface area (Å²) >= 11 is 0. The van der Waals surface area contributed by atoms with Crippen molar-refractivity contribution in [2.75, 3.05) is 18.0 Å². The predicted molar refractivity (Wildman–Crippen MR) is 104 cm³/mol. The van der Waals surface area contributed by atoms with Crippen LogP contribution in [0.4, 0.5) is 5.69 Å². The Kier molecular flexibility index (Phi) is 4.44. The molecule has 0 aliphatic carbocycles. The fourth-order valence-corrected chi connectivity index (χ4v) is 3.97. The average Bonchev–Trinajstić information content (AvgIpc) is 2.57. The molecule has 0 fully saturated rings. The Labute approximate surface area is 155 Å². The van der Waals surface area contributed by atoms with Gasteiger partial charge in [0.25, 0.3) is 0 Å². The minimum atomic E-state index is -1.20. The molecule has 0 amide bonds. The number of benzene rings is 1. The molecular weight excluding hydrogens is 324 g/mol. The molecule has 0 saturated carbocycles. The number of aliphatic carboxylic acids is 1. The van der Waals surface area contributed by atoms with E-state index in [1.54, 1.807) is 12.1 Å². The van der Waals surface area contributed by atoms with Gasteiger partial charge in [-0.25, -0.2) is 4.79 Å². The van der Waals surface area contributed by atoms with Crippen LogP contribution >= 0.6 is 0 Å². The van der Waals surface area contributed by atoms with Crippen molar-refractivity contribution in [3.8, 4) is 6.07 Å². The van der Waals surface area contributed by atoms with Crippen LogP contribution in [-0.2, 0) is 15.6 Å². The van der Waals surface area contributed by atoms with Gasteiger partial charge in [-0.2, -0.15) is 5.26 Å². The zero-order chi connectivity index (χ0) is 19.1. The van der Waals surface area contributed by atoms with Crippen LogP contribution in [0.25, 0.3) is 6.08 Å². The van der Waals surface area contributed by atoms with Gasteiger partial charge in [0, 0.05) is 18.8 Å². The second-order valence-corrected chi connectivity index (χ2v) is 8.58. The first-order chi connectivity index (χ1) is 12.2. The highest BCUT2D eigenvalue weighted by Gasteiger charge is 2.39. The molecule has 1 aromatic carbocycles. The number of nitrogens with zero attached hydrogens (tertiary/aromatic N) is 2. The van der Waals surface area contributed by atoms with Gasteiger partial charge in [0.2, 0.25) is 0 Å². The third-order valence-corrected chi connectivity index (χ3v) is 5.82. The molecular formula is C22H26N2O2. The lowest BCUT2D eigenvalue weighted by atomic mass is 9.69. The summed E-state index contributed by atoms with van der Waals surface area (Å²) in [4.78, 5) is 13.5. The maximum Gasteiger partial charge on any atom is 0.346 e. The highest BCUT2D eigenvalue weighted by Crippen LogP contribution is 2.49. The van der Waals surface area contributed by atoms with E-state index in [0.29, 0.717) is 0 Å². The lowest BCUT2D eigenvalue weighted by Crippen LogP contribution is -2.44. The Morgan fingerprint density at radius 2 is 1.69 bits per heavy atom. The normalized spacial score (nSPS) is 20.6. The molecule has 1 N–H and O–H groups in total. The summed E-state index contributed by atoms with van der Waals surface area (Å²) in [6.45, 7) is 11.4. The molecule has 0 atom stereocenters. The van der Waals surface area contributed by atoms with Crippen molar-refractivity contribution in [2.45, 2.75) is 51.4 Å². The summed E-state index contributed by atoms with van der Waals surface area (Å²) in [6.07, 6.45) is 7.17. The van der Waals surface area contributed by atoms with Crippen molar-refractivity contribution in [1.82, 2.24) is 0 Å². The van der Waals surface area contributed by atoms with Crippen LogP contribution in [-0.4, -0.2) is 24.2 Å². The van der Waals surface area contributed by atoms with E-state index in [1.807, 2.05) is 6.08 Å². The maximum absolute atomic E-state index is 10.9. The van der Waals surface area contributed by atoms with E-state index >= 15 is 0 Å². The summed E-state index contributed by atoms with van der Waals surface area (Å²) in [6, 6.07) is 6.16. The van der Waals surface area contributed by atoms with E-state index in [0.717, 1.165) is 31.5 Å². The molecule has 0 radical (unpaired) electrons. The largest absolute Gasteiger partial charge is 0.477 e. The zero-order valence-corrected chi connectivity index (χ0v) is 16.0. The highest BCUT2D eigenvalue weighted by atomic mass is 16.4. The van der Waals surface area contributed by atoms with Gasteiger partial charge in [-0.3, -0.25) is 0 Å². The van der Waals surface area contributed by atoms with Crippen molar-refractivity contribution >= 4 is 17.7 Å². The van der Waals surface area contributed by atoms with Gasteiger partial charge in [0.15, 0.2) is 0 Å². The van der Waals surface area contributed by atoms with Crippen LogP contribution in [0.15, 0.2) is 29.9 Å². The van der Waals surface area contributed by atoms with Gasteiger partial charge in [-0.15, -0.1) is 0 Å². The third kappa shape index (κ3) is 3.14. The molecule has 4 nitrogen and oxygen atoms in total. The number of nitriles is 1. The molecule has 26 heavy (non-hydrogen) atoms. The smallest absolute Gasteiger partial charge is 0.346 e. The van der Waals surface area contributed by atoms with Crippen LogP contribution in [0.5, 0.6) is 0 Å². The van der Waals surface area contributed by atoms with Gasteiger partial charge in [0.1, 0.15) is 11.6 Å². The summed E-state index contributed by atoms with van der Waals surface area (Å²) in [7, 11) is 0. The highest BCUT2D eigenvalue weighted by molar-refractivity contribution is 5.91. The first kappa shape index (κ1) is 18.3. The number of anilines is 1. The Morgan fingerprint density at radius 1 is 1.15 bits per heavy atom. The Balaban J connectivity index is 2.10. The van der Waals surface area contributed by atoms with Crippen molar-refractivity contribution in [1.29, 1.82) is 5.26 Å². The van der Waals surface area contributed by atoms with Crippen molar-refractivity contribution in [2.24, 2.45) is 0 Å². The Bertz CT molecular complexity index is 812. The Hall–Kier alpha value is -2.54. The topological polar surface area (TPSA) is 64.3 Å². The number of carboxylic acids is 1. The summed E-state index contributed by atoms with van der Waals surface area (Å²) in [5, 5.41) is 17.8. The molecule has 2 aliphatic rings. The first-order valence-corrected chi connectivity index (χ1v) is 9.11. The first-order valence-electron chi connectivity index (χ1n) is 9.11. The second kappa shape index (κ2) is 6.32. The predicted octanol–water partition coefficient (Wildman–Crippen LogP) is 4.40. The number of hydrogen-bond acceptors (Lipinski definition) is 3. The van der Waals surface area contributed by atoms with Gasteiger partial charge in [-0.1, -0.05) is 39.8 Å². The standard InChI is InChI=1S/C22H26N2O2/c1-21(2)8-10-24-11-9-22(3,4)18-13-15(12-17(21)19(18)24)6-5-7-16(14-23)20(25)26/h5-7,12-13H,8-11H2,1-4H3,(H,25,26)/b6-5+,16-7+. The minimum absolute atomic E-state index is 0.118. The quantitative estimate of drug-likeness (QED) is 0.498. The number of hydrogen-bond donors (Lipinski definition) is 1. The maximum atomic E-state index is 10.9. The molecule has 0 unspecified atom stereocenters. The molecule has 1 aromatic rings. The second-order valence-electron chi connectivity index (χ2n) is 8.58. The van der Waals surface area contributed by atoms with Crippen molar-refractivity contribution in [3.05, 3.63) is 46.5 Å². The molecule has 2 heterocycles. The molecule has 0 saturated heterocycles. The van der Waals surface area contributed by atoms with Gasteiger partial charge in [0.05, 0.1) is 0 Å². The third-order valence-electron chi connectivity index (χ3n) is 5.82. The van der Waals surface area contributed by atoms with Crippen LogP contribution in [0, 0.1) is 11.3 Å². The summed E-state index contributed by atoms with van der Waals surface area (Å²) in [5.41, 5.74) is 5.18. The van der Waals surface area contributed by atoms with Gasteiger partial charge >= 0.3 is 5.97 Å². The van der Waals surface area contributed by atoms with E-state index in [4.69, 9.17) is 10.4 Å². The van der Waals surface area contributed by atoms with Gasteiger partial charge < -0.3 is 10.0 Å². The van der Waals surface area contributed by atoms with E-state index < -0.39 is 5.97 Å². The van der Waals surface area contributed by atoms with Crippen LogP contribution in [0.1, 0.15) is 57.2 Å². The molecule has 0 bridgehead atoms. The fourth-order valence-electron chi connectivity index (χ4n) is 3.97. The van der Waals surface area contributed by atoms with Crippen molar-refractivity contribution < 1.29 is 9.90 Å². The van der Waals surface area contributed by atoms with Crippen LogP contribution in [0.2, 0.25) is 0 Å². The van der Waals surface area contributed by atoms with E-state index in [-0.39, 0.29) is 16.4 Å². The molecule has 136 valence electrons. The summed E-state index contributed by atoms with van der Waals surface area (Å²) < 4.78 is 0. The number of carboxylic acid groups (broad SMARTS) is 1. The van der Waals surface area contributed by atoms with E-state index in [2.05, 4.69) is 44.7 Å². The fraction of sp³-hybridized carbons (Fsp3) is 0.455. The van der Waals surface area contributed by atoms with Crippen LogP contribution in [0.3, 0.4) is 0 Å². The molecule has 0 aromatic heterocycles. The average molecular weight is 350 g/mol. The summed E-state index contributed by atoms with van der Waals surface area (Å²) in [5.74, 6) is -1.20. The molecule has 4 heteroatoms. The van der Waals surface area contributed by atoms with Gasteiger partial charge in [-0.05, 0) is 58.6 Å².